The van der Waals surface area contributed by atoms with E-state index in [-0.39, 0.29) is 5.41 Å². The molecule has 1 fully saturated rings. The summed E-state index contributed by atoms with van der Waals surface area (Å²) in [6.45, 7) is 13.3. The third-order valence-electron chi connectivity index (χ3n) is 5.03. The summed E-state index contributed by atoms with van der Waals surface area (Å²) in [6, 6.07) is 6.33. The molecule has 1 aromatic carbocycles. The molecule has 4 heteroatoms. The maximum absolute atomic E-state index is 11.3. The van der Waals surface area contributed by atoms with Gasteiger partial charge in [-0.05, 0) is 30.9 Å². The number of hydrogen-bond acceptors (Lipinski definition) is 4. The minimum atomic E-state index is -1.31. The SMILES string of the molecule is CC(C)(C)c1ccc2c(c1)OC(O)(N1CCOCC1)C2(C)C. The molecule has 0 aliphatic carbocycles. The van der Waals surface area contributed by atoms with Crippen molar-refractivity contribution in [3.63, 3.8) is 0 Å². The van der Waals surface area contributed by atoms with Crippen molar-refractivity contribution in [2.24, 2.45) is 0 Å². The molecule has 4 nitrogen and oxygen atoms in total. The predicted molar refractivity (Wildman–Crippen MR) is 86.1 cm³/mol. The van der Waals surface area contributed by atoms with Crippen LogP contribution in [0.4, 0.5) is 0 Å². The van der Waals surface area contributed by atoms with E-state index in [1.165, 1.54) is 5.56 Å². The normalized spacial score (nSPS) is 28.3. The van der Waals surface area contributed by atoms with Crippen molar-refractivity contribution >= 4 is 0 Å². The van der Waals surface area contributed by atoms with Gasteiger partial charge in [-0.25, -0.2) is 4.90 Å². The zero-order chi connectivity index (χ0) is 16.2. The quantitative estimate of drug-likeness (QED) is 0.866. The van der Waals surface area contributed by atoms with Gasteiger partial charge in [0, 0.05) is 18.7 Å². The second kappa shape index (κ2) is 4.95. The first-order valence-electron chi connectivity index (χ1n) is 8.05. The summed E-state index contributed by atoms with van der Waals surface area (Å²) in [5.41, 5.74) is 1.85. The van der Waals surface area contributed by atoms with Crippen molar-refractivity contribution in [1.82, 2.24) is 4.90 Å². The van der Waals surface area contributed by atoms with Gasteiger partial charge in [0.1, 0.15) is 5.75 Å². The van der Waals surface area contributed by atoms with Gasteiger partial charge in [-0.2, -0.15) is 0 Å². The number of fused-ring (bicyclic) bond motifs is 1. The van der Waals surface area contributed by atoms with Crippen molar-refractivity contribution in [3.05, 3.63) is 29.3 Å². The van der Waals surface area contributed by atoms with Crippen LogP contribution in [0.2, 0.25) is 0 Å². The van der Waals surface area contributed by atoms with E-state index in [4.69, 9.17) is 9.47 Å². The third kappa shape index (κ3) is 2.25. The van der Waals surface area contributed by atoms with Crippen LogP contribution in [-0.2, 0) is 15.6 Å². The van der Waals surface area contributed by atoms with E-state index in [2.05, 4.69) is 39.0 Å². The lowest BCUT2D eigenvalue weighted by Crippen LogP contribution is -2.63. The Kier molecular flexibility index (Phi) is 3.55. The van der Waals surface area contributed by atoms with Crippen LogP contribution in [-0.4, -0.2) is 42.2 Å². The molecule has 1 aromatic rings. The van der Waals surface area contributed by atoms with Gasteiger partial charge < -0.3 is 14.6 Å². The standard InChI is InChI=1S/C18H27NO3/c1-16(2,3)13-6-7-14-15(12-13)22-18(20,17(14,4)5)19-8-10-21-11-9-19/h6-7,12,20H,8-11H2,1-5H3. The number of ether oxygens (including phenoxy) is 2. The lowest BCUT2D eigenvalue weighted by atomic mass is 9.79. The van der Waals surface area contributed by atoms with Gasteiger partial charge >= 0.3 is 0 Å². The maximum Gasteiger partial charge on any atom is 0.280 e. The van der Waals surface area contributed by atoms with E-state index in [0.717, 1.165) is 11.3 Å². The maximum atomic E-state index is 11.3. The smallest absolute Gasteiger partial charge is 0.280 e. The second-order valence-electron chi connectivity index (χ2n) is 7.90. The van der Waals surface area contributed by atoms with E-state index in [9.17, 15) is 5.11 Å². The Morgan fingerprint density at radius 2 is 1.77 bits per heavy atom. The summed E-state index contributed by atoms with van der Waals surface area (Å²) in [6.07, 6.45) is 0. The van der Waals surface area contributed by atoms with E-state index in [1.54, 1.807) is 0 Å². The van der Waals surface area contributed by atoms with Gasteiger partial charge in [0.2, 0.25) is 0 Å². The van der Waals surface area contributed by atoms with Crippen LogP contribution in [0.1, 0.15) is 45.7 Å². The van der Waals surface area contributed by atoms with Crippen LogP contribution in [0.3, 0.4) is 0 Å². The molecule has 2 aliphatic heterocycles. The van der Waals surface area contributed by atoms with Crippen molar-refractivity contribution < 1.29 is 14.6 Å². The predicted octanol–water partition coefficient (Wildman–Crippen LogP) is 2.63. The molecule has 1 unspecified atom stereocenters. The molecule has 1 atom stereocenters. The first-order chi connectivity index (χ1) is 10.2. The molecule has 22 heavy (non-hydrogen) atoms. The molecule has 1 N–H and O–H groups in total. The Bertz CT molecular complexity index is 570. The average molecular weight is 305 g/mol. The largest absolute Gasteiger partial charge is 0.448 e. The van der Waals surface area contributed by atoms with Crippen molar-refractivity contribution in [2.75, 3.05) is 26.3 Å². The molecule has 2 heterocycles. The van der Waals surface area contributed by atoms with Crippen LogP contribution >= 0.6 is 0 Å². The van der Waals surface area contributed by atoms with Gasteiger partial charge in [-0.1, -0.05) is 32.9 Å². The highest BCUT2D eigenvalue weighted by molar-refractivity contribution is 5.48. The van der Waals surface area contributed by atoms with Gasteiger partial charge in [0.15, 0.2) is 0 Å². The van der Waals surface area contributed by atoms with E-state index < -0.39 is 11.3 Å². The highest BCUT2D eigenvalue weighted by atomic mass is 16.7. The summed E-state index contributed by atoms with van der Waals surface area (Å²) in [5, 5.41) is 11.3. The molecule has 0 saturated carbocycles. The molecule has 0 amide bonds. The molecule has 3 rings (SSSR count). The Morgan fingerprint density at radius 3 is 2.36 bits per heavy atom. The molecular weight excluding hydrogens is 278 g/mol. The van der Waals surface area contributed by atoms with Crippen molar-refractivity contribution in [1.29, 1.82) is 0 Å². The van der Waals surface area contributed by atoms with E-state index in [0.29, 0.717) is 26.3 Å². The Balaban J connectivity index is 2.00. The molecule has 1 saturated heterocycles. The van der Waals surface area contributed by atoms with Gasteiger partial charge in [-0.3, -0.25) is 0 Å². The zero-order valence-corrected chi connectivity index (χ0v) is 14.3. The molecule has 0 bridgehead atoms. The van der Waals surface area contributed by atoms with Crippen molar-refractivity contribution in [2.45, 2.75) is 51.4 Å². The lowest BCUT2D eigenvalue weighted by Gasteiger charge is -2.44. The Morgan fingerprint density at radius 1 is 1.14 bits per heavy atom. The first kappa shape index (κ1) is 15.8. The average Bonchev–Trinajstić information content (AvgIpc) is 2.66. The number of morpholine rings is 1. The minimum absolute atomic E-state index is 0.0577. The fourth-order valence-corrected chi connectivity index (χ4v) is 3.37. The fraction of sp³-hybridized carbons (Fsp3) is 0.667. The fourth-order valence-electron chi connectivity index (χ4n) is 3.37. The van der Waals surface area contributed by atoms with Crippen LogP contribution in [0.5, 0.6) is 5.75 Å². The number of nitrogens with zero attached hydrogens (tertiary/aromatic N) is 1. The lowest BCUT2D eigenvalue weighted by molar-refractivity contribution is -0.278. The van der Waals surface area contributed by atoms with Crippen LogP contribution < -0.4 is 4.74 Å². The highest BCUT2D eigenvalue weighted by Crippen LogP contribution is 2.50. The minimum Gasteiger partial charge on any atom is -0.448 e. The molecular formula is C18H27NO3. The summed E-state index contributed by atoms with van der Waals surface area (Å²) in [5.74, 6) is -0.512. The molecule has 0 radical (unpaired) electrons. The molecule has 122 valence electrons. The van der Waals surface area contributed by atoms with E-state index in [1.807, 2.05) is 18.7 Å². The first-order valence-corrected chi connectivity index (χ1v) is 8.05. The summed E-state index contributed by atoms with van der Waals surface area (Å²) in [7, 11) is 0. The number of benzene rings is 1. The molecule has 0 aromatic heterocycles. The second-order valence-corrected chi connectivity index (χ2v) is 7.90. The summed E-state index contributed by atoms with van der Waals surface area (Å²) >= 11 is 0. The molecule has 2 aliphatic rings. The van der Waals surface area contributed by atoms with Gasteiger partial charge in [0.25, 0.3) is 5.91 Å². The molecule has 0 spiro atoms. The summed E-state index contributed by atoms with van der Waals surface area (Å²) in [4.78, 5) is 1.99. The highest BCUT2D eigenvalue weighted by Gasteiger charge is 2.57. The monoisotopic (exact) mass is 305 g/mol. The number of hydrogen-bond donors (Lipinski definition) is 1. The number of aliphatic hydroxyl groups is 1. The summed E-state index contributed by atoms with van der Waals surface area (Å²) < 4.78 is 11.5. The van der Waals surface area contributed by atoms with Crippen molar-refractivity contribution in [3.8, 4) is 5.75 Å². The van der Waals surface area contributed by atoms with Crippen LogP contribution in [0.15, 0.2) is 18.2 Å². The number of rotatable bonds is 1. The Labute approximate surface area is 133 Å². The van der Waals surface area contributed by atoms with E-state index >= 15 is 0 Å². The van der Waals surface area contributed by atoms with Crippen LogP contribution in [0.25, 0.3) is 0 Å². The zero-order valence-electron chi connectivity index (χ0n) is 14.3. The topological polar surface area (TPSA) is 41.9 Å². The van der Waals surface area contributed by atoms with Gasteiger partial charge in [-0.15, -0.1) is 0 Å². The van der Waals surface area contributed by atoms with Gasteiger partial charge in [0.05, 0.1) is 18.6 Å². The van der Waals surface area contributed by atoms with Crippen LogP contribution in [0, 0.1) is 0 Å². The third-order valence-corrected chi connectivity index (χ3v) is 5.03. The Hall–Kier alpha value is -1.10.